The molecule has 2 nitrogen and oxygen atoms in total. The molecule has 0 amide bonds. The Morgan fingerprint density at radius 1 is 1.62 bits per heavy atom. The number of carbonyl (C=O) groups is 1. The van der Waals surface area contributed by atoms with E-state index < -0.39 is 5.82 Å². The molecule has 0 saturated carbocycles. The van der Waals surface area contributed by atoms with Crippen LogP contribution in [0.4, 0.5) is 4.39 Å². The topological polar surface area (TPSA) is 26.3 Å². The van der Waals surface area contributed by atoms with E-state index in [4.69, 9.17) is 0 Å². The summed E-state index contributed by atoms with van der Waals surface area (Å²) >= 11 is 3.89. The van der Waals surface area contributed by atoms with Crippen LogP contribution in [0.25, 0.3) is 0 Å². The Morgan fingerprint density at radius 3 is 2.85 bits per heavy atom. The van der Waals surface area contributed by atoms with Crippen molar-refractivity contribution in [3.05, 3.63) is 29.6 Å². The normalized spacial score (nSPS) is 9.77. The van der Waals surface area contributed by atoms with Gasteiger partial charge in [0.25, 0.3) is 0 Å². The quantitative estimate of drug-likeness (QED) is 0.582. The number of thiol groups is 1. The van der Waals surface area contributed by atoms with Gasteiger partial charge in [0.15, 0.2) is 0 Å². The Hall–Kier alpha value is -1.03. The summed E-state index contributed by atoms with van der Waals surface area (Å²) in [5.41, 5.74) is 0.693. The molecule has 0 atom stereocenters. The summed E-state index contributed by atoms with van der Waals surface area (Å²) < 4.78 is 17.2. The molecule has 0 bridgehead atoms. The van der Waals surface area contributed by atoms with Crippen molar-refractivity contribution in [2.24, 2.45) is 0 Å². The van der Waals surface area contributed by atoms with Gasteiger partial charge in [-0.1, -0.05) is 6.07 Å². The van der Waals surface area contributed by atoms with Crippen LogP contribution in [-0.4, -0.2) is 13.1 Å². The second kappa shape index (κ2) is 4.28. The molecule has 0 radical (unpaired) electrons. The first kappa shape index (κ1) is 10.1. The van der Waals surface area contributed by atoms with Gasteiger partial charge in [0.1, 0.15) is 5.82 Å². The summed E-state index contributed by atoms with van der Waals surface area (Å²) in [4.78, 5) is 11.1. The van der Waals surface area contributed by atoms with Crippen LogP contribution in [0.3, 0.4) is 0 Å². The highest BCUT2D eigenvalue weighted by atomic mass is 32.1. The summed E-state index contributed by atoms with van der Waals surface area (Å²) in [6.45, 7) is 0. The third-order valence-corrected chi connectivity index (χ3v) is 1.93. The molecular weight excluding hydrogens is 191 g/mol. The van der Waals surface area contributed by atoms with Crippen LogP contribution in [0.1, 0.15) is 5.56 Å². The predicted molar refractivity (Wildman–Crippen MR) is 49.4 cm³/mol. The zero-order chi connectivity index (χ0) is 9.84. The predicted octanol–water partition coefficient (Wildman–Crippen LogP) is 1.83. The van der Waals surface area contributed by atoms with E-state index in [-0.39, 0.29) is 17.3 Å². The Kier molecular flexibility index (Phi) is 3.31. The lowest BCUT2D eigenvalue weighted by atomic mass is 10.1. The average molecular weight is 200 g/mol. The van der Waals surface area contributed by atoms with E-state index in [0.29, 0.717) is 5.56 Å². The number of rotatable bonds is 2. The molecule has 0 aliphatic carbocycles. The maximum absolute atomic E-state index is 12.7. The summed E-state index contributed by atoms with van der Waals surface area (Å²) in [5.74, 6) is -0.740. The van der Waals surface area contributed by atoms with E-state index in [0.717, 1.165) is 0 Å². The van der Waals surface area contributed by atoms with Gasteiger partial charge < -0.3 is 4.74 Å². The van der Waals surface area contributed by atoms with Gasteiger partial charge in [0.05, 0.1) is 13.5 Å². The van der Waals surface area contributed by atoms with Crippen molar-refractivity contribution in [2.75, 3.05) is 7.11 Å². The highest BCUT2D eigenvalue weighted by molar-refractivity contribution is 7.80. The molecule has 0 unspecified atom stereocenters. The van der Waals surface area contributed by atoms with Crippen molar-refractivity contribution in [3.8, 4) is 0 Å². The molecule has 0 aliphatic rings. The Morgan fingerprint density at radius 2 is 2.31 bits per heavy atom. The molecule has 0 saturated heterocycles. The number of halogens is 1. The number of carbonyl (C=O) groups excluding carboxylic acids is 1. The average Bonchev–Trinajstić information content (AvgIpc) is 2.11. The molecule has 70 valence electrons. The van der Waals surface area contributed by atoms with Crippen molar-refractivity contribution in [1.29, 1.82) is 0 Å². The largest absolute Gasteiger partial charge is 0.469 e. The smallest absolute Gasteiger partial charge is 0.309 e. The fraction of sp³-hybridized carbons (Fsp3) is 0.222. The number of ether oxygens (including phenoxy) is 1. The molecule has 1 rings (SSSR count). The van der Waals surface area contributed by atoms with Gasteiger partial charge in [-0.05, 0) is 17.7 Å². The van der Waals surface area contributed by atoms with Crippen molar-refractivity contribution in [3.63, 3.8) is 0 Å². The van der Waals surface area contributed by atoms with Crippen LogP contribution in [-0.2, 0) is 16.0 Å². The molecule has 13 heavy (non-hydrogen) atoms. The van der Waals surface area contributed by atoms with Crippen LogP contribution in [0.2, 0.25) is 0 Å². The van der Waals surface area contributed by atoms with E-state index in [2.05, 4.69) is 17.4 Å². The molecule has 1 aromatic carbocycles. The minimum Gasteiger partial charge on any atom is -0.469 e. The standard InChI is InChI=1S/C9H9FO2S/c1-12-9(11)5-6-2-3-7(10)8(13)4-6/h2-4,13H,5H2,1H3. The van der Waals surface area contributed by atoms with Gasteiger partial charge in [-0.2, -0.15) is 0 Å². The van der Waals surface area contributed by atoms with Gasteiger partial charge >= 0.3 is 5.97 Å². The van der Waals surface area contributed by atoms with Gasteiger partial charge in [-0.3, -0.25) is 4.79 Å². The van der Waals surface area contributed by atoms with Crippen LogP contribution in [0, 0.1) is 5.82 Å². The fourth-order valence-electron chi connectivity index (χ4n) is 0.907. The molecule has 0 N–H and O–H groups in total. The van der Waals surface area contributed by atoms with Crippen LogP contribution in [0.5, 0.6) is 0 Å². The summed E-state index contributed by atoms with van der Waals surface area (Å²) in [7, 11) is 1.31. The first-order chi connectivity index (χ1) is 6.13. The van der Waals surface area contributed by atoms with Crippen LogP contribution >= 0.6 is 12.6 Å². The van der Waals surface area contributed by atoms with E-state index in [1.54, 1.807) is 0 Å². The third-order valence-electron chi connectivity index (χ3n) is 1.59. The van der Waals surface area contributed by atoms with E-state index >= 15 is 0 Å². The van der Waals surface area contributed by atoms with E-state index in [1.807, 2.05) is 0 Å². The summed E-state index contributed by atoms with van der Waals surface area (Å²) in [6, 6.07) is 4.32. The molecule has 0 aliphatic heterocycles. The maximum atomic E-state index is 12.7. The van der Waals surface area contributed by atoms with Gasteiger partial charge in [-0.25, -0.2) is 4.39 Å². The highest BCUT2D eigenvalue weighted by Gasteiger charge is 2.04. The molecule has 4 heteroatoms. The number of methoxy groups -OCH3 is 1. The number of hydrogen-bond acceptors (Lipinski definition) is 3. The van der Waals surface area contributed by atoms with Gasteiger partial charge in [-0.15, -0.1) is 12.6 Å². The molecule has 0 fully saturated rings. The highest BCUT2D eigenvalue weighted by Crippen LogP contribution is 2.14. The van der Waals surface area contributed by atoms with E-state index in [9.17, 15) is 9.18 Å². The Labute approximate surface area is 81.1 Å². The number of benzene rings is 1. The lowest BCUT2D eigenvalue weighted by Crippen LogP contribution is -2.04. The van der Waals surface area contributed by atoms with Gasteiger partial charge in [0, 0.05) is 4.90 Å². The third kappa shape index (κ3) is 2.73. The van der Waals surface area contributed by atoms with Crippen molar-refractivity contribution < 1.29 is 13.9 Å². The van der Waals surface area contributed by atoms with Crippen molar-refractivity contribution in [1.82, 2.24) is 0 Å². The molecule has 0 aromatic heterocycles. The monoisotopic (exact) mass is 200 g/mol. The van der Waals surface area contributed by atoms with Crippen LogP contribution in [0.15, 0.2) is 23.1 Å². The lowest BCUT2D eigenvalue weighted by molar-refractivity contribution is -0.139. The molecular formula is C9H9FO2S. The minimum absolute atomic E-state index is 0.143. The summed E-state index contributed by atoms with van der Waals surface area (Å²) in [5, 5.41) is 0. The first-order valence-electron chi connectivity index (χ1n) is 3.67. The van der Waals surface area contributed by atoms with Crippen LogP contribution < -0.4 is 0 Å². The first-order valence-corrected chi connectivity index (χ1v) is 4.12. The zero-order valence-corrected chi connectivity index (χ0v) is 7.98. The molecule has 0 heterocycles. The number of hydrogen-bond donors (Lipinski definition) is 1. The zero-order valence-electron chi connectivity index (χ0n) is 7.08. The van der Waals surface area contributed by atoms with Crippen molar-refractivity contribution in [2.45, 2.75) is 11.3 Å². The molecule has 1 aromatic rings. The fourth-order valence-corrected chi connectivity index (χ4v) is 1.15. The second-order valence-electron chi connectivity index (χ2n) is 2.54. The SMILES string of the molecule is COC(=O)Cc1ccc(F)c(S)c1. The van der Waals surface area contributed by atoms with E-state index in [1.165, 1.54) is 25.3 Å². The van der Waals surface area contributed by atoms with Crippen molar-refractivity contribution >= 4 is 18.6 Å². The molecule has 0 spiro atoms. The second-order valence-corrected chi connectivity index (χ2v) is 3.02. The Balaban J connectivity index is 2.79. The Bertz CT molecular complexity index is 325. The summed E-state index contributed by atoms with van der Waals surface area (Å²) in [6.07, 6.45) is 0.143. The lowest BCUT2D eigenvalue weighted by Gasteiger charge is -2.01. The number of esters is 1. The maximum Gasteiger partial charge on any atom is 0.309 e. The minimum atomic E-state index is -0.392. The van der Waals surface area contributed by atoms with Gasteiger partial charge in [0.2, 0.25) is 0 Å².